The topological polar surface area (TPSA) is 12.0 Å². The molecule has 0 fully saturated rings. The summed E-state index contributed by atoms with van der Waals surface area (Å²) in [5.41, 5.74) is 1.05. The van der Waals surface area contributed by atoms with Gasteiger partial charge in [-0.25, -0.2) is 0 Å². The third-order valence-corrected chi connectivity index (χ3v) is 3.23. The molecule has 1 unspecified atom stereocenters. The van der Waals surface area contributed by atoms with Crippen molar-refractivity contribution < 1.29 is 0 Å². The maximum Gasteiger partial charge on any atom is 0.0465 e. The summed E-state index contributed by atoms with van der Waals surface area (Å²) in [5, 5.41) is 4.69. The van der Waals surface area contributed by atoms with E-state index in [-0.39, 0.29) is 0 Å². The maximum absolute atomic E-state index is 6.04. The minimum Gasteiger partial charge on any atom is -0.309 e. The van der Waals surface area contributed by atoms with E-state index in [1.54, 1.807) is 6.07 Å². The third kappa shape index (κ3) is 4.20. The van der Waals surface area contributed by atoms with E-state index >= 15 is 0 Å². The molecule has 15 heavy (non-hydrogen) atoms. The van der Waals surface area contributed by atoms with E-state index in [9.17, 15) is 0 Å². The Hall–Kier alpha value is 0.0500. The molecule has 0 radical (unpaired) electrons. The predicted octanol–water partition coefficient (Wildman–Crippen LogP) is 4.10. The molecule has 0 heterocycles. The zero-order valence-electron chi connectivity index (χ0n) is 8.56. The summed E-state index contributed by atoms with van der Waals surface area (Å²) >= 11 is 17.6. The van der Waals surface area contributed by atoms with Gasteiger partial charge in [0, 0.05) is 28.5 Å². The van der Waals surface area contributed by atoms with E-state index in [0.717, 1.165) is 18.5 Å². The second-order valence-electron chi connectivity index (χ2n) is 3.38. The molecule has 1 atom stereocenters. The van der Waals surface area contributed by atoms with Crippen LogP contribution >= 0.6 is 34.8 Å². The molecule has 1 N–H and O–H groups in total. The lowest BCUT2D eigenvalue weighted by Gasteiger charge is -2.14. The molecule has 1 nitrogen and oxygen atoms in total. The van der Waals surface area contributed by atoms with Crippen LogP contribution in [0.15, 0.2) is 18.2 Å². The number of benzene rings is 1. The largest absolute Gasteiger partial charge is 0.309 e. The van der Waals surface area contributed by atoms with Crippen LogP contribution in [0, 0.1) is 0 Å². The fourth-order valence-corrected chi connectivity index (χ4v) is 2.03. The van der Waals surface area contributed by atoms with Crippen LogP contribution in [0.2, 0.25) is 10.0 Å². The molecule has 0 aliphatic heterocycles. The molecule has 0 amide bonds. The van der Waals surface area contributed by atoms with Crippen LogP contribution in [0.1, 0.15) is 18.9 Å². The number of halogens is 3. The predicted molar refractivity (Wildman–Crippen MR) is 68.1 cm³/mol. The van der Waals surface area contributed by atoms with E-state index in [1.807, 2.05) is 12.1 Å². The van der Waals surface area contributed by atoms with Gasteiger partial charge in [-0.3, -0.25) is 0 Å². The Bertz CT molecular complexity index is 311. The zero-order valence-corrected chi connectivity index (χ0v) is 10.8. The summed E-state index contributed by atoms with van der Waals surface area (Å²) in [4.78, 5) is 0. The summed E-state index contributed by atoms with van der Waals surface area (Å²) in [6.07, 6.45) is 1.01. The van der Waals surface area contributed by atoms with Crippen molar-refractivity contribution in [3.63, 3.8) is 0 Å². The molecule has 1 aromatic rings. The summed E-state index contributed by atoms with van der Waals surface area (Å²) in [6, 6.07) is 5.85. The Morgan fingerprint density at radius 2 is 2.07 bits per heavy atom. The van der Waals surface area contributed by atoms with Crippen molar-refractivity contribution in [3.8, 4) is 0 Å². The van der Waals surface area contributed by atoms with Crippen molar-refractivity contribution in [2.24, 2.45) is 0 Å². The molecule has 0 saturated carbocycles. The van der Waals surface area contributed by atoms with Gasteiger partial charge in [-0.15, -0.1) is 11.6 Å². The molecule has 1 rings (SSSR count). The summed E-state index contributed by atoms with van der Waals surface area (Å²) < 4.78 is 0. The van der Waals surface area contributed by atoms with Crippen LogP contribution in [0.3, 0.4) is 0 Å². The van der Waals surface area contributed by atoms with E-state index in [4.69, 9.17) is 34.8 Å². The van der Waals surface area contributed by atoms with Crippen LogP contribution in [0.5, 0.6) is 0 Å². The van der Waals surface area contributed by atoms with Gasteiger partial charge in [0.25, 0.3) is 0 Å². The maximum atomic E-state index is 6.04. The summed E-state index contributed by atoms with van der Waals surface area (Å²) in [5.74, 6) is 0.613. The normalized spacial score (nSPS) is 12.8. The second-order valence-corrected chi connectivity index (χ2v) is 4.53. The van der Waals surface area contributed by atoms with Gasteiger partial charge in [-0.2, -0.15) is 0 Å². The van der Waals surface area contributed by atoms with E-state index in [1.165, 1.54) is 0 Å². The molecule has 0 spiro atoms. The second kappa shape index (κ2) is 6.59. The molecule has 1 aromatic carbocycles. The SMILES string of the molecule is CCC(CCl)NCc1ccc(Cl)cc1Cl. The Kier molecular flexibility index (Phi) is 5.77. The van der Waals surface area contributed by atoms with Crippen molar-refractivity contribution in [3.05, 3.63) is 33.8 Å². The Morgan fingerprint density at radius 3 is 2.60 bits per heavy atom. The molecule has 0 aliphatic carbocycles. The van der Waals surface area contributed by atoms with Gasteiger partial charge in [0.1, 0.15) is 0 Å². The number of nitrogens with one attached hydrogen (secondary N) is 1. The molecule has 0 aliphatic rings. The molecule has 0 saturated heterocycles. The third-order valence-electron chi connectivity index (χ3n) is 2.28. The highest BCUT2D eigenvalue weighted by Gasteiger charge is 2.05. The average Bonchev–Trinajstić information content (AvgIpc) is 2.22. The van der Waals surface area contributed by atoms with E-state index < -0.39 is 0 Å². The molecular formula is C11H14Cl3N. The van der Waals surface area contributed by atoms with Crippen LogP contribution in [0.25, 0.3) is 0 Å². The van der Waals surface area contributed by atoms with Gasteiger partial charge in [-0.05, 0) is 24.1 Å². The summed E-state index contributed by atoms with van der Waals surface area (Å²) in [7, 11) is 0. The first-order valence-corrected chi connectivity index (χ1v) is 6.19. The van der Waals surface area contributed by atoms with Crippen LogP contribution in [-0.4, -0.2) is 11.9 Å². The first-order chi connectivity index (χ1) is 7.17. The Morgan fingerprint density at radius 1 is 1.33 bits per heavy atom. The van der Waals surface area contributed by atoms with Gasteiger partial charge in [-0.1, -0.05) is 36.2 Å². The van der Waals surface area contributed by atoms with Gasteiger partial charge in [0.05, 0.1) is 0 Å². The smallest absolute Gasteiger partial charge is 0.0465 e. The zero-order chi connectivity index (χ0) is 11.3. The Balaban J connectivity index is 2.57. The van der Waals surface area contributed by atoms with Crippen molar-refractivity contribution in [1.82, 2.24) is 5.32 Å². The molecule has 4 heteroatoms. The van der Waals surface area contributed by atoms with Gasteiger partial charge in [0.15, 0.2) is 0 Å². The molecule has 84 valence electrons. The van der Waals surface area contributed by atoms with Gasteiger partial charge in [0.2, 0.25) is 0 Å². The monoisotopic (exact) mass is 265 g/mol. The Labute approximate surface area is 106 Å². The summed E-state index contributed by atoms with van der Waals surface area (Å²) in [6.45, 7) is 2.82. The number of alkyl halides is 1. The first-order valence-electron chi connectivity index (χ1n) is 4.90. The van der Waals surface area contributed by atoms with Crippen LogP contribution < -0.4 is 5.32 Å². The minimum absolute atomic E-state index is 0.332. The first kappa shape index (κ1) is 13.1. The fourth-order valence-electron chi connectivity index (χ4n) is 1.23. The lowest BCUT2D eigenvalue weighted by atomic mass is 10.2. The highest BCUT2D eigenvalue weighted by molar-refractivity contribution is 6.35. The minimum atomic E-state index is 0.332. The highest BCUT2D eigenvalue weighted by Crippen LogP contribution is 2.20. The number of hydrogen-bond donors (Lipinski definition) is 1. The van der Waals surface area contributed by atoms with E-state index in [2.05, 4.69) is 12.2 Å². The van der Waals surface area contributed by atoms with Crippen molar-refractivity contribution >= 4 is 34.8 Å². The van der Waals surface area contributed by atoms with E-state index in [0.29, 0.717) is 22.0 Å². The lowest BCUT2D eigenvalue weighted by Crippen LogP contribution is -2.29. The molecule has 0 aromatic heterocycles. The van der Waals surface area contributed by atoms with Gasteiger partial charge < -0.3 is 5.32 Å². The quantitative estimate of drug-likeness (QED) is 0.791. The van der Waals surface area contributed by atoms with Crippen molar-refractivity contribution in [2.45, 2.75) is 25.9 Å². The van der Waals surface area contributed by atoms with Crippen molar-refractivity contribution in [2.75, 3.05) is 5.88 Å². The lowest BCUT2D eigenvalue weighted by molar-refractivity contribution is 0.539. The standard InChI is InChI=1S/C11H14Cl3N/c1-2-10(6-12)15-7-8-3-4-9(13)5-11(8)14/h3-5,10,15H,2,6-7H2,1H3. The van der Waals surface area contributed by atoms with Crippen molar-refractivity contribution in [1.29, 1.82) is 0 Å². The highest BCUT2D eigenvalue weighted by atomic mass is 35.5. The number of rotatable bonds is 5. The molecular weight excluding hydrogens is 252 g/mol. The van der Waals surface area contributed by atoms with Gasteiger partial charge >= 0.3 is 0 Å². The number of hydrogen-bond acceptors (Lipinski definition) is 1. The fraction of sp³-hybridized carbons (Fsp3) is 0.455. The average molecular weight is 267 g/mol. The van der Waals surface area contributed by atoms with Crippen LogP contribution in [0.4, 0.5) is 0 Å². The van der Waals surface area contributed by atoms with Crippen LogP contribution in [-0.2, 0) is 6.54 Å². The molecule has 0 bridgehead atoms.